The molecule has 0 aliphatic carbocycles. The third kappa shape index (κ3) is 2.62. The molecule has 1 aromatic heterocycles. The van der Waals surface area contributed by atoms with Crippen LogP contribution in [0.2, 0.25) is 0 Å². The highest BCUT2D eigenvalue weighted by Crippen LogP contribution is 2.30. The van der Waals surface area contributed by atoms with E-state index in [2.05, 4.69) is 18.0 Å². The molecule has 1 aliphatic rings. The van der Waals surface area contributed by atoms with E-state index in [1.54, 1.807) is 18.2 Å². The second-order valence-electron chi connectivity index (χ2n) is 6.05. The second kappa shape index (κ2) is 6.00. The van der Waals surface area contributed by atoms with Crippen molar-refractivity contribution in [2.45, 2.75) is 25.8 Å². The maximum Gasteiger partial charge on any atom is 0.265 e. The van der Waals surface area contributed by atoms with Crippen molar-refractivity contribution in [3.8, 4) is 5.75 Å². The van der Waals surface area contributed by atoms with Gasteiger partial charge in [0.15, 0.2) is 18.6 Å². The molecule has 0 fully saturated rings. The van der Waals surface area contributed by atoms with Gasteiger partial charge >= 0.3 is 0 Å². The Hall–Kier alpha value is -2.82. The lowest BCUT2D eigenvalue weighted by Gasteiger charge is -2.35. The van der Waals surface area contributed by atoms with E-state index in [1.165, 1.54) is 12.0 Å². The first-order chi connectivity index (χ1) is 11.7. The number of ether oxygens (including phenoxy) is 1. The predicted octanol–water partition coefficient (Wildman–Crippen LogP) is 3.57. The number of hydrogen-bond acceptors (Lipinski definition) is 4. The standard InChI is InChI=1S/C19H18N2O3/c1-13-6-7-14-4-2-3-5-17(14)21(13)19(22)11-23-15-8-9-18-16(10-15)20-12-24-18/h2-5,8-10,12-13H,6-7,11H2,1H3. The maximum atomic E-state index is 12.7. The van der Waals surface area contributed by atoms with Gasteiger partial charge in [0.05, 0.1) is 0 Å². The van der Waals surface area contributed by atoms with E-state index in [0.717, 1.165) is 24.0 Å². The fraction of sp³-hybridized carbons (Fsp3) is 0.263. The fourth-order valence-electron chi connectivity index (χ4n) is 3.21. The Morgan fingerprint density at radius 1 is 1.33 bits per heavy atom. The summed E-state index contributed by atoms with van der Waals surface area (Å²) < 4.78 is 10.9. The number of nitrogens with zero attached hydrogens (tertiary/aromatic N) is 2. The van der Waals surface area contributed by atoms with Crippen molar-refractivity contribution in [3.63, 3.8) is 0 Å². The SMILES string of the molecule is CC1CCc2ccccc2N1C(=O)COc1ccc2ocnc2c1. The number of oxazole rings is 1. The number of rotatable bonds is 3. The Balaban J connectivity index is 1.51. The summed E-state index contributed by atoms with van der Waals surface area (Å²) >= 11 is 0. The summed E-state index contributed by atoms with van der Waals surface area (Å²) in [7, 11) is 0. The largest absolute Gasteiger partial charge is 0.484 e. The minimum atomic E-state index is -0.0325. The van der Waals surface area contributed by atoms with E-state index in [1.807, 2.05) is 23.1 Å². The van der Waals surface area contributed by atoms with Crippen LogP contribution in [0.4, 0.5) is 5.69 Å². The van der Waals surface area contributed by atoms with Crippen LogP contribution in [-0.4, -0.2) is 23.5 Å². The lowest BCUT2D eigenvalue weighted by atomic mass is 9.96. The van der Waals surface area contributed by atoms with Gasteiger partial charge in [-0.25, -0.2) is 4.98 Å². The number of anilines is 1. The number of para-hydroxylation sites is 1. The first kappa shape index (κ1) is 14.8. The minimum Gasteiger partial charge on any atom is -0.484 e. The van der Waals surface area contributed by atoms with Gasteiger partial charge in [-0.05, 0) is 43.5 Å². The number of fused-ring (bicyclic) bond motifs is 2. The molecule has 1 amide bonds. The van der Waals surface area contributed by atoms with Crippen molar-refractivity contribution >= 4 is 22.7 Å². The van der Waals surface area contributed by atoms with Gasteiger partial charge in [0.2, 0.25) is 0 Å². The molecule has 2 aromatic carbocycles. The average molecular weight is 322 g/mol. The summed E-state index contributed by atoms with van der Waals surface area (Å²) in [5.41, 5.74) is 3.63. The molecular weight excluding hydrogens is 304 g/mol. The summed E-state index contributed by atoms with van der Waals surface area (Å²) in [5, 5.41) is 0. The Kier molecular flexibility index (Phi) is 3.69. The summed E-state index contributed by atoms with van der Waals surface area (Å²) in [4.78, 5) is 18.7. The molecule has 0 saturated carbocycles. The number of benzene rings is 2. The van der Waals surface area contributed by atoms with Crippen LogP contribution in [0.15, 0.2) is 53.3 Å². The first-order valence-corrected chi connectivity index (χ1v) is 8.08. The van der Waals surface area contributed by atoms with Crippen molar-refractivity contribution < 1.29 is 13.9 Å². The normalized spacial score (nSPS) is 16.9. The molecular formula is C19H18N2O3. The molecule has 4 rings (SSSR count). The lowest BCUT2D eigenvalue weighted by molar-refractivity contribution is -0.121. The zero-order valence-corrected chi connectivity index (χ0v) is 13.4. The molecule has 5 heteroatoms. The summed E-state index contributed by atoms with van der Waals surface area (Å²) in [6, 6.07) is 13.6. The summed E-state index contributed by atoms with van der Waals surface area (Å²) in [6.45, 7) is 2.08. The van der Waals surface area contributed by atoms with Gasteiger partial charge in [-0.15, -0.1) is 0 Å². The second-order valence-corrected chi connectivity index (χ2v) is 6.05. The van der Waals surface area contributed by atoms with Crippen LogP contribution >= 0.6 is 0 Å². The Bertz CT molecular complexity index is 887. The van der Waals surface area contributed by atoms with Crippen LogP contribution in [-0.2, 0) is 11.2 Å². The quantitative estimate of drug-likeness (QED) is 0.739. The van der Waals surface area contributed by atoms with Crippen molar-refractivity contribution in [1.82, 2.24) is 4.98 Å². The molecule has 5 nitrogen and oxygen atoms in total. The van der Waals surface area contributed by atoms with E-state index in [4.69, 9.17) is 9.15 Å². The number of carbonyl (C=O) groups excluding carboxylic acids is 1. The van der Waals surface area contributed by atoms with Crippen LogP contribution in [0.1, 0.15) is 18.9 Å². The smallest absolute Gasteiger partial charge is 0.265 e. The molecule has 0 N–H and O–H groups in total. The van der Waals surface area contributed by atoms with Crippen LogP contribution in [0.3, 0.4) is 0 Å². The highest BCUT2D eigenvalue weighted by Gasteiger charge is 2.28. The van der Waals surface area contributed by atoms with Gasteiger partial charge in [-0.1, -0.05) is 18.2 Å². The van der Waals surface area contributed by atoms with Crippen LogP contribution in [0.5, 0.6) is 5.75 Å². The highest BCUT2D eigenvalue weighted by atomic mass is 16.5. The van der Waals surface area contributed by atoms with Crippen molar-refractivity contribution in [2.75, 3.05) is 11.5 Å². The van der Waals surface area contributed by atoms with Gasteiger partial charge < -0.3 is 14.1 Å². The Morgan fingerprint density at radius 2 is 2.21 bits per heavy atom. The topological polar surface area (TPSA) is 55.6 Å². The molecule has 1 unspecified atom stereocenters. The van der Waals surface area contributed by atoms with E-state index in [9.17, 15) is 4.79 Å². The summed E-state index contributed by atoms with van der Waals surface area (Å²) in [5.74, 6) is 0.581. The first-order valence-electron chi connectivity index (χ1n) is 8.08. The van der Waals surface area contributed by atoms with E-state index in [0.29, 0.717) is 11.3 Å². The monoisotopic (exact) mass is 322 g/mol. The third-order valence-electron chi connectivity index (χ3n) is 4.46. The molecule has 0 saturated heterocycles. The van der Waals surface area contributed by atoms with Crippen LogP contribution in [0.25, 0.3) is 11.1 Å². The zero-order chi connectivity index (χ0) is 16.5. The van der Waals surface area contributed by atoms with Crippen LogP contribution < -0.4 is 9.64 Å². The minimum absolute atomic E-state index is 0.00202. The number of amides is 1. The van der Waals surface area contributed by atoms with Gasteiger partial charge in [-0.3, -0.25) is 4.79 Å². The van der Waals surface area contributed by atoms with Gasteiger partial charge in [-0.2, -0.15) is 0 Å². The number of aromatic nitrogens is 1. The molecule has 2 heterocycles. The summed E-state index contributed by atoms with van der Waals surface area (Å²) in [6.07, 6.45) is 3.37. The number of hydrogen-bond donors (Lipinski definition) is 0. The fourth-order valence-corrected chi connectivity index (χ4v) is 3.21. The third-order valence-corrected chi connectivity index (χ3v) is 4.46. The predicted molar refractivity (Wildman–Crippen MR) is 91.2 cm³/mol. The number of carbonyl (C=O) groups is 1. The molecule has 24 heavy (non-hydrogen) atoms. The molecule has 1 atom stereocenters. The molecule has 0 bridgehead atoms. The number of aryl methyl sites for hydroxylation is 1. The average Bonchev–Trinajstić information content (AvgIpc) is 3.07. The molecule has 0 spiro atoms. The molecule has 1 aliphatic heterocycles. The lowest BCUT2D eigenvalue weighted by Crippen LogP contribution is -2.44. The van der Waals surface area contributed by atoms with Crippen molar-refractivity contribution in [3.05, 3.63) is 54.4 Å². The van der Waals surface area contributed by atoms with Crippen molar-refractivity contribution in [2.24, 2.45) is 0 Å². The van der Waals surface area contributed by atoms with Gasteiger partial charge in [0, 0.05) is 17.8 Å². The highest BCUT2D eigenvalue weighted by molar-refractivity contribution is 5.96. The molecule has 0 radical (unpaired) electrons. The van der Waals surface area contributed by atoms with Gasteiger partial charge in [0.25, 0.3) is 5.91 Å². The molecule has 3 aromatic rings. The van der Waals surface area contributed by atoms with Crippen molar-refractivity contribution in [1.29, 1.82) is 0 Å². The Labute approximate surface area is 139 Å². The molecule has 122 valence electrons. The maximum absolute atomic E-state index is 12.7. The Morgan fingerprint density at radius 3 is 3.12 bits per heavy atom. The van der Waals surface area contributed by atoms with E-state index < -0.39 is 0 Å². The van der Waals surface area contributed by atoms with E-state index in [-0.39, 0.29) is 18.6 Å². The van der Waals surface area contributed by atoms with E-state index >= 15 is 0 Å². The van der Waals surface area contributed by atoms with Gasteiger partial charge in [0.1, 0.15) is 11.3 Å². The van der Waals surface area contributed by atoms with Crippen LogP contribution in [0, 0.1) is 0 Å². The zero-order valence-electron chi connectivity index (χ0n) is 13.4.